The molecule has 0 saturated heterocycles. The van der Waals surface area contributed by atoms with Crippen LogP contribution in [0.3, 0.4) is 0 Å². The molecule has 122 valence electrons. The Morgan fingerprint density at radius 2 is 1.72 bits per heavy atom. The Hall–Kier alpha value is -2.44. The van der Waals surface area contributed by atoms with Crippen molar-refractivity contribution in [3.8, 4) is 0 Å². The van der Waals surface area contributed by atoms with E-state index in [1.807, 2.05) is 0 Å². The molecule has 0 amide bonds. The summed E-state index contributed by atoms with van der Waals surface area (Å²) in [5.74, 6) is -0.165. The molecule has 0 radical (unpaired) electrons. The van der Waals surface area contributed by atoms with Gasteiger partial charge in [0, 0.05) is 10.0 Å². The van der Waals surface area contributed by atoms with Gasteiger partial charge in [0.15, 0.2) is 0 Å². The normalized spacial score (nSPS) is 17.1. The third kappa shape index (κ3) is 2.99. The lowest BCUT2D eigenvalue weighted by Crippen LogP contribution is -2.01. The van der Waals surface area contributed by atoms with Crippen molar-refractivity contribution < 1.29 is 4.21 Å². The van der Waals surface area contributed by atoms with Crippen LogP contribution in [-0.2, 0) is 10.8 Å². The van der Waals surface area contributed by atoms with Gasteiger partial charge in [-0.2, -0.15) is 9.69 Å². The summed E-state index contributed by atoms with van der Waals surface area (Å²) < 4.78 is 12.9. The third-order valence-electron chi connectivity index (χ3n) is 3.68. The van der Waals surface area contributed by atoms with Crippen molar-refractivity contribution in [1.29, 1.82) is 0 Å². The Labute approximate surface area is 157 Å². The molecule has 0 saturated carbocycles. The first-order valence-electron chi connectivity index (χ1n) is 7.03. The zero-order valence-electron chi connectivity index (χ0n) is 12.9. The summed E-state index contributed by atoms with van der Waals surface area (Å²) in [4.78, 5) is 11.5. The molecule has 1 atom stereocenters. The number of nitrogens with zero attached hydrogens (tertiary/aromatic N) is 3. The van der Waals surface area contributed by atoms with E-state index < -0.39 is 10.8 Å². The molecule has 3 rings (SSSR count). The number of benzene rings is 2. The van der Waals surface area contributed by atoms with Crippen LogP contribution in [0.1, 0.15) is 11.1 Å². The molecule has 1 unspecified atom stereocenters. The highest BCUT2D eigenvalue weighted by Gasteiger charge is 2.36. The van der Waals surface area contributed by atoms with Gasteiger partial charge in [-0.05, 0) is 36.2 Å². The first kappa shape index (κ1) is 17.4. The molecule has 1 aliphatic rings. The fourth-order valence-corrected chi connectivity index (χ4v) is 4.24. The first-order valence-corrected chi connectivity index (χ1v) is 8.93. The molecular weight excluding hydrogens is 377 g/mol. The summed E-state index contributed by atoms with van der Waals surface area (Å²) in [7, 11) is -1.59. The van der Waals surface area contributed by atoms with E-state index in [1.54, 1.807) is 43.3 Å². The average molecular weight is 386 g/mol. The largest absolute Gasteiger partial charge is 0.530 e. The fourth-order valence-electron chi connectivity index (χ4n) is 2.41. The topological polar surface area (TPSA) is 38.1 Å². The molecule has 0 N–H and O–H groups in total. The summed E-state index contributed by atoms with van der Waals surface area (Å²) >= 11 is 12.3. The van der Waals surface area contributed by atoms with Crippen molar-refractivity contribution in [1.82, 2.24) is 0 Å². The van der Waals surface area contributed by atoms with Crippen molar-refractivity contribution in [3.05, 3.63) is 86.2 Å². The van der Waals surface area contributed by atoms with Crippen LogP contribution >= 0.6 is 23.2 Å². The first-order chi connectivity index (χ1) is 12.0. The van der Waals surface area contributed by atoms with Crippen molar-refractivity contribution in [2.75, 3.05) is 0 Å². The molecule has 0 fully saturated rings. The Bertz CT molecular complexity index is 1040. The van der Waals surface area contributed by atoms with Crippen LogP contribution in [-0.4, -0.2) is 9.25 Å². The van der Waals surface area contributed by atoms with E-state index in [0.717, 1.165) is 5.56 Å². The molecule has 25 heavy (non-hydrogen) atoms. The second-order valence-electron chi connectivity index (χ2n) is 5.14. The second-order valence-corrected chi connectivity index (χ2v) is 7.32. The zero-order chi connectivity index (χ0) is 18.1. The van der Waals surface area contributed by atoms with Gasteiger partial charge in [-0.15, -0.1) is 0 Å². The van der Waals surface area contributed by atoms with Crippen LogP contribution in [0.25, 0.3) is 15.3 Å². The van der Waals surface area contributed by atoms with Gasteiger partial charge in [-0.1, -0.05) is 41.4 Å². The SMILES string of the molecule is [C-]#[N+]C([N+]#[C-])=C1C(=Nc2cc(Cl)c(C)c(Cl)c2)S(=O)c2ccccc21. The van der Waals surface area contributed by atoms with Gasteiger partial charge in [-0.3, -0.25) is 0 Å². The number of hydrogen-bond donors (Lipinski definition) is 0. The minimum Gasteiger partial charge on any atom is -0.247 e. The van der Waals surface area contributed by atoms with Crippen molar-refractivity contribution in [2.24, 2.45) is 4.99 Å². The predicted octanol–water partition coefficient (Wildman–Crippen LogP) is 5.66. The van der Waals surface area contributed by atoms with Gasteiger partial charge in [0.1, 0.15) is 34.6 Å². The molecule has 1 aliphatic heterocycles. The summed E-state index contributed by atoms with van der Waals surface area (Å²) in [6, 6.07) is 10.2. The van der Waals surface area contributed by atoms with Gasteiger partial charge < -0.3 is 0 Å². The van der Waals surface area contributed by atoms with E-state index in [1.165, 1.54) is 0 Å². The number of fused-ring (bicyclic) bond motifs is 1. The van der Waals surface area contributed by atoms with Gasteiger partial charge >= 0.3 is 5.82 Å². The molecule has 4 nitrogen and oxygen atoms in total. The molecule has 7 heteroatoms. The van der Waals surface area contributed by atoms with E-state index >= 15 is 0 Å². The Morgan fingerprint density at radius 3 is 2.32 bits per heavy atom. The fraction of sp³-hybridized carbons (Fsp3) is 0.0556. The van der Waals surface area contributed by atoms with E-state index in [-0.39, 0.29) is 10.9 Å². The number of rotatable bonds is 1. The van der Waals surface area contributed by atoms with Crippen LogP contribution in [0, 0.1) is 20.1 Å². The Kier molecular flexibility index (Phi) is 4.74. The van der Waals surface area contributed by atoms with Crippen molar-refractivity contribution >= 4 is 50.3 Å². The molecule has 0 bridgehead atoms. The quantitative estimate of drug-likeness (QED) is 0.583. The molecule has 0 aliphatic carbocycles. The summed E-state index contributed by atoms with van der Waals surface area (Å²) in [6.07, 6.45) is 0. The lowest BCUT2D eigenvalue weighted by Gasteiger charge is -2.04. The van der Waals surface area contributed by atoms with Crippen LogP contribution in [0.15, 0.2) is 52.1 Å². The van der Waals surface area contributed by atoms with Crippen LogP contribution in [0.5, 0.6) is 0 Å². The molecule has 0 aromatic heterocycles. The average Bonchev–Trinajstić information content (AvgIpc) is 2.87. The third-order valence-corrected chi connectivity index (χ3v) is 5.86. The van der Waals surface area contributed by atoms with Gasteiger partial charge in [0.2, 0.25) is 0 Å². The highest BCUT2D eigenvalue weighted by molar-refractivity contribution is 8.02. The number of aliphatic imine (C=N–C) groups is 1. The molecule has 2 aromatic carbocycles. The van der Waals surface area contributed by atoms with Crippen LogP contribution < -0.4 is 0 Å². The zero-order valence-corrected chi connectivity index (χ0v) is 15.2. The van der Waals surface area contributed by atoms with Crippen LogP contribution in [0.4, 0.5) is 5.69 Å². The number of hydrogen-bond acceptors (Lipinski definition) is 2. The van der Waals surface area contributed by atoms with E-state index in [0.29, 0.717) is 31.8 Å². The van der Waals surface area contributed by atoms with E-state index in [4.69, 9.17) is 36.3 Å². The minimum absolute atomic E-state index is 0.165. The van der Waals surface area contributed by atoms with Gasteiger partial charge in [0.05, 0.1) is 10.6 Å². The van der Waals surface area contributed by atoms with E-state index in [2.05, 4.69) is 14.7 Å². The maximum absolute atomic E-state index is 12.9. The van der Waals surface area contributed by atoms with Gasteiger partial charge in [0.25, 0.3) is 0 Å². The summed E-state index contributed by atoms with van der Waals surface area (Å²) in [6.45, 7) is 16.3. The minimum atomic E-state index is -1.59. The lowest BCUT2D eigenvalue weighted by molar-refractivity contribution is 0.690. The monoisotopic (exact) mass is 385 g/mol. The number of halogens is 2. The van der Waals surface area contributed by atoms with Crippen molar-refractivity contribution in [3.63, 3.8) is 0 Å². The summed E-state index contributed by atoms with van der Waals surface area (Å²) in [5.41, 5.74) is 2.03. The van der Waals surface area contributed by atoms with E-state index in [9.17, 15) is 4.21 Å². The predicted molar refractivity (Wildman–Crippen MR) is 101 cm³/mol. The van der Waals surface area contributed by atoms with Crippen molar-refractivity contribution in [2.45, 2.75) is 11.8 Å². The van der Waals surface area contributed by atoms with Crippen LogP contribution in [0.2, 0.25) is 10.0 Å². The Balaban J connectivity index is 2.29. The smallest absolute Gasteiger partial charge is 0.247 e. The lowest BCUT2D eigenvalue weighted by atomic mass is 10.1. The molecule has 1 heterocycles. The second kappa shape index (κ2) is 6.82. The molecule has 0 spiro atoms. The Morgan fingerprint density at radius 1 is 1.12 bits per heavy atom. The van der Waals surface area contributed by atoms with Gasteiger partial charge in [-0.25, -0.2) is 9.20 Å². The summed E-state index contributed by atoms with van der Waals surface area (Å²) in [5, 5.41) is 1.04. The maximum Gasteiger partial charge on any atom is 0.530 e. The molecular formula is C18H9Cl2N3OS. The molecule has 2 aromatic rings. The highest BCUT2D eigenvalue weighted by Crippen LogP contribution is 2.39. The maximum atomic E-state index is 12.9. The standard InChI is InChI=1S/C18H9Cl2N3OS/c1-10-13(19)8-11(9-14(10)20)23-18-16(17(21-2)22-3)12-6-4-5-7-15(12)25(18)24/h4-9H,1H3. The highest BCUT2D eigenvalue weighted by atomic mass is 35.5.